The molecule has 0 saturated heterocycles. The van der Waals surface area contributed by atoms with E-state index in [0.717, 1.165) is 11.1 Å². The fourth-order valence-electron chi connectivity index (χ4n) is 4.37. The number of aromatic nitrogens is 1. The lowest BCUT2D eigenvalue weighted by Crippen LogP contribution is -2.39. The number of methoxy groups -OCH3 is 1. The highest BCUT2D eigenvalue weighted by molar-refractivity contribution is 7.07. The molecule has 194 valence electrons. The molecule has 4 rings (SSSR count). The predicted molar refractivity (Wildman–Crippen MR) is 145 cm³/mol. The van der Waals surface area contributed by atoms with Crippen molar-refractivity contribution in [2.75, 3.05) is 20.3 Å². The molecule has 0 radical (unpaired) electrons. The Kier molecular flexibility index (Phi) is 7.97. The number of rotatable bonds is 8. The van der Waals surface area contributed by atoms with E-state index < -0.39 is 12.0 Å². The smallest absolute Gasteiger partial charge is 0.338 e. The number of hydrogen-bond donors (Lipinski definition) is 0. The normalized spacial score (nSPS) is 15.4. The molecule has 0 bridgehead atoms. The van der Waals surface area contributed by atoms with Crippen LogP contribution >= 0.6 is 11.3 Å². The summed E-state index contributed by atoms with van der Waals surface area (Å²) in [6, 6.07) is 12.9. The van der Waals surface area contributed by atoms with Crippen LogP contribution in [0.3, 0.4) is 0 Å². The molecule has 1 atom stereocenters. The Morgan fingerprint density at radius 3 is 2.46 bits per heavy atom. The van der Waals surface area contributed by atoms with Crippen molar-refractivity contribution in [3.8, 4) is 11.5 Å². The van der Waals surface area contributed by atoms with E-state index in [1.807, 2.05) is 55.5 Å². The molecule has 0 spiro atoms. The summed E-state index contributed by atoms with van der Waals surface area (Å²) < 4.78 is 18.6. The number of benzene rings is 2. The molecule has 0 aliphatic carbocycles. The molecule has 2 aromatic carbocycles. The number of hydrogen-bond acceptors (Lipinski definition) is 7. The standard InChI is InChI=1S/C29H32N2O5S/c1-7-35-22-14-9-19(15-23(22)34-6)16-24-27(32)31-26(21-12-10-20(11-13-21)17(3)4)25(28(33)36-8-2)18(5)30-29(31)37-24/h9-17,26H,7-8H2,1-6H3/b24-16-/t26-/m0/s1. The summed E-state index contributed by atoms with van der Waals surface area (Å²) in [5.74, 6) is 1.13. The Hall–Kier alpha value is -3.65. The van der Waals surface area contributed by atoms with Gasteiger partial charge >= 0.3 is 5.97 Å². The molecule has 1 aliphatic heterocycles. The summed E-state index contributed by atoms with van der Waals surface area (Å²) >= 11 is 1.29. The second-order valence-corrected chi connectivity index (χ2v) is 9.98. The van der Waals surface area contributed by atoms with Crippen molar-refractivity contribution in [3.05, 3.63) is 90.1 Å². The van der Waals surface area contributed by atoms with Gasteiger partial charge in [0.2, 0.25) is 0 Å². The van der Waals surface area contributed by atoms with Crippen LogP contribution in [0.1, 0.15) is 63.3 Å². The lowest BCUT2D eigenvalue weighted by atomic mass is 9.93. The van der Waals surface area contributed by atoms with E-state index in [1.165, 1.54) is 16.9 Å². The minimum absolute atomic E-state index is 0.219. The lowest BCUT2D eigenvalue weighted by molar-refractivity contribution is -0.139. The first-order valence-electron chi connectivity index (χ1n) is 12.4. The number of thiazole rings is 1. The van der Waals surface area contributed by atoms with Crippen molar-refractivity contribution < 1.29 is 19.0 Å². The molecule has 0 fully saturated rings. The van der Waals surface area contributed by atoms with Crippen LogP contribution in [-0.2, 0) is 9.53 Å². The van der Waals surface area contributed by atoms with Gasteiger partial charge in [0, 0.05) is 0 Å². The number of carbonyl (C=O) groups excluding carboxylic acids is 1. The van der Waals surface area contributed by atoms with Crippen LogP contribution in [0, 0.1) is 0 Å². The van der Waals surface area contributed by atoms with Gasteiger partial charge in [0.15, 0.2) is 16.3 Å². The fraction of sp³-hybridized carbons (Fsp3) is 0.345. The molecule has 37 heavy (non-hydrogen) atoms. The third-order valence-corrected chi connectivity index (χ3v) is 7.20. The highest BCUT2D eigenvalue weighted by atomic mass is 32.1. The van der Waals surface area contributed by atoms with Gasteiger partial charge in [0.1, 0.15) is 0 Å². The molecule has 2 heterocycles. The first-order valence-corrected chi connectivity index (χ1v) is 13.2. The van der Waals surface area contributed by atoms with Gasteiger partial charge in [-0.15, -0.1) is 0 Å². The summed E-state index contributed by atoms with van der Waals surface area (Å²) in [6.07, 6.45) is 1.81. The van der Waals surface area contributed by atoms with Gasteiger partial charge in [-0.1, -0.05) is 55.5 Å². The molecule has 0 unspecified atom stereocenters. The molecule has 0 saturated carbocycles. The van der Waals surface area contributed by atoms with E-state index in [9.17, 15) is 9.59 Å². The molecule has 7 nitrogen and oxygen atoms in total. The van der Waals surface area contributed by atoms with Crippen molar-refractivity contribution in [2.45, 2.75) is 46.6 Å². The monoisotopic (exact) mass is 520 g/mol. The van der Waals surface area contributed by atoms with E-state index >= 15 is 0 Å². The van der Waals surface area contributed by atoms with E-state index in [4.69, 9.17) is 14.2 Å². The first-order chi connectivity index (χ1) is 17.8. The minimum atomic E-state index is -0.631. The number of esters is 1. The summed E-state index contributed by atoms with van der Waals surface area (Å²) in [5, 5.41) is 0. The third-order valence-electron chi connectivity index (χ3n) is 6.22. The van der Waals surface area contributed by atoms with E-state index in [1.54, 1.807) is 25.5 Å². The number of nitrogens with zero attached hydrogens (tertiary/aromatic N) is 2. The first kappa shape index (κ1) is 26.4. The Balaban J connectivity index is 1.89. The topological polar surface area (TPSA) is 79.1 Å². The molecular weight excluding hydrogens is 488 g/mol. The summed E-state index contributed by atoms with van der Waals surface area (Å²) in [5.41, 5.74) is 3.51. The van der Waals surface area contributed by atoms with Gasteiger partial charge < -0.3 is 14.2 Å². The van der Waals surface area contributed by atoms with Crippen LogP contribution in [0.4, 0.5) is 0 Å². The number of ether oxygens (including phenoxy) is 3. The van der Waals surface area contributed by atoms with Gasteiger partial charge in [-0.25, -0.2) is 9.79 Å². The molecule has 8 heteroatoms. The van der Waals surface area contributed by atoms with E-state index in [2.05, 4.69) is 18.8 Å². The SMILES string of the molecule is CCOC(=O)C1=C(C)N=c2s/c(=C\c3ccc(OCC)c(OC)c3)c(=O)n2[C@H]1c1ccc(C(C)C)cc1. The van der Waals surface area contributed by atoms with Gasteiger partial charge in [-0.05, 0) is 61.6 Å². The quantitative estimate of drug-likeness (QED) is 0.413. The van der Waals surface area contributed by atoms with Gasteiger partial charge in [0.25, 0.3) is 5.56 Å². The number of fused-ring (bicyclic) bond motifs is 1. The van der Waals surface area contributed by atoms with Crippen molar-refractivity contribution >= 4 is 23.4 Å². The lowest BCUT2D eigenvalue weighted by Gasteiger charge is -2.25. The van der Waals surface area contributed by atoms with Crippen molar-refractivity contribution in [2.24, 2.45) is 4.99 Å². The average Bonchev–Trinajstić information content (AvgIpc) is 3.18. The zero-order chi connectivity index (χ0) is 26.7. The zero-order valence-electron chi connectivity index (χ0n) is 22.0. The zero-order valence-corrected chi connectivity index (χ0v) is 22.8. The minimum Gasteiger partial charge on any atom is -0.493 e. The molecule has 1 aliphatic rings. The largest absolute Gasteiger partial charge is 0.493 e. The maximum Gasteiger partial charge on any atom is 0.338 e. The molecule has 0 amide bonds. The van der Waals surface area contributed by atoms with Crippen LogP contribution in [0.15, 0.2) is 63.5 Å². The van der Waals surface area contributed by atoms with Gasteiger partial charge in [-0.3, -0.25) is 9.36 Å². The van der Waals surface area contributed by atoms with E-state index in [-0.39, 0.29) is 12.2 Å². The third kappa shape index (κ3) is 5.25. The summed E-state index contributed by atoms with van der Waals surface area (Å²) in [7, 11) is 1.58. The Labute approximate surface area is 220 Å². The summed E-state index contributed by atoms with van der Waals surface area (Å²) in [6.45, 7) is 10.5. The van der Waals surface area contributed by atoms with E-state index in [0.29, 0.717) is 44.6 Å². The maximum atomic E-state index is 13.8. The van der Waals surface area contributed by atoms with Crippen LogP contribution in [0.25, 0.3) is 6.08 Å². The number of allylic oxidation sites excluding steroid dienone is 1. The Morgan fingerprint density at radius 1 is 1.11 bits per heavy atom. The van der Waals surface area contributed by atoms with Crippen molar-refractivity contribution in [3.63, 3.8) is 0 Å². The van der Waals surface area contributed by atoms with Gasteiger partial charge in [-0.2, -0.15) is 0 Å². The van der Waals surface area contributed by atoms with Crippen LogP contribution < -0.4 is 24.4 Å². The highest BCUT2D eigenvalue weighted by Gasteiger charge is 2.33. The van der Waals surface area contributed by atoms with Crippen LogP contribution in [0.5, 0.6) is 11.5 Å². The van der Waals surface area contributed by atoms with Crippen molar-refractivity contribution in [1.29, 1.82) is 0 Å². The fourth-order valence-corrected chi connectivity index (χ4v) is 5.42. The van der Waals surface area contributed by atoms with Crippen LogP contribution in [0.2, 0.25) is 0 Å². The molecule has 3 aromatic rings. The highest BCUT2D eigenvalue weighted by Crippen LogP contribution is 2.32. The second-order valence-electron chi connectivity index (χ2n) is 8.97. The van der Waals surface area contributed by atoms with Crippen LogP contribution in [-0.4, -0.2) is 30.9 Å². The van der Waals surface area contributed by atoms with Gasteiger partial charge in [0.05, 0.1) is 42.2 Å². The van der Waals surface area contributed by atoms with Crippen molar-refractivity contribution in [1.82, 2.24) is 4.57 Å². The molecule has 1 aromatic heterocycles. The summed E-state index contributed by atoms with van der Waals surface area (Å²) in [4.78, 5) is 32.0. The predicted octanol–water partition coefficient (Wildman–Crippen LogP) is 4.33. The Bertz CT molecular complexity index is 1510. The maximum absolute atomic E-state index is 13.8. The Morgan fingerprint density at radius 2 is 1.84 bits per heavy atom. The second kappa shape index (κ2) is 11.2. The number of carbonyl (C=O) groups is 1. The molecule has 0 N–H and O–H groups in total. The average molecular weight is 521 g/mol. The molecular formula is C29H32N2O5S.